The summed E-state index contributed by atoms with van der Waals surface area (Å²) in [4.78, 5) is 10.2. The summed E-state index contributed by atoms with van der Waals surface area (Å²) < 4.78 is 13.3. The Morgan fingerprint density at radius 1 is 1.00 bits per heavy atom. The maximum Gasteiger partial charge on any atom is 0.153 e. The molecule has 0 saturated heterocycles. The van der Waals surface area contributed by atoms with Crippen LogP contribution in [0.5, 0.6) is 5.75 Å². The lowest BCUT2D eigenvalue weighted by atomic mass is 10.1. The highest BCUT2D eigenvalue weighted by atomic mass is 19.1. The van der Waals surface area contributed by atoms with Crippen LogP contribution in [-0.2, 0) is 0 Å². The van der Waals surface area contributed by atoms with Crippen LogP contribution in [-0.4, -0.2) is 5.11 Å². The molecule has 3 nitrogen and oxygen atoms in total. The van der Waals surface area contributed by atoms with E-state index in [1.54, 1.807) is 18.2 Å². The first-order valence-corrected chi connectivity index (χ1v) is 4.63. The van der Waals surface area contributed by atoms with Gasteiger partial charge in [0, 0.05) is 0 Å². The Labute approximate surface area is 91.1 Å². The molecule has 0 aliphatic rings. The van der Waals surface area contributed by atoms with Crippen LogP contribution in [0.4, 0.5) is 10.1 Å². The van der Waals surface area contributed by atoms with Crippen LogP contribution in [0.3, 0.4) is 0 Å². The first-order chi connectivity index (χ1) is 7.70. The van der Waals surface area contributed by atoms with Gasteiger partial charge in [0.15, 0.2) is 5.82 Å². The quantitative estimate of drug-likeness (QED) is 0.781. The molecule has 4 heteroatoms. The summed E-state index contributed by atoms with van der Waals surface area (Å²) in [7, 11) is 0. The zero-order chi connectivity index (χ0) is 11.5. The molecule has 0 unspecified atom stereocenters. The van der Waals surface area contributed by atoms with Crippen molar-refractivity contribution in [2.75, 3.05) is 0 Å². The number of halogens is 1. The van der Waals surface area contributed by atoms with Gasteiger partial charge in [0.05, 0.1) is 0 Å². The van der Waals surface area contributed by atoms with Crippen LogP contribution in [0.15, 0.2) is 47.6 Å². The zero-order valence-electron chi connectivity index (χ0n) is 8.22. The van der Waals surface area contributed by atoms with Crippen molar-refractivity contribution in [1.29, 1.82) is 0 Å². The molecule has 0 radical (unpaired) electrons. The van der Waals surface area contributed by atoms with E-state index >= 15 is 0 Å². The Morgan fingerprint density at radius 2 is 1.62 bits per heavy atom. The molecule has 0 heterocycles. The van der Waals surface area contributed by atoms with Crippen molar-refractivity contribution in [3.63, 3.8) is 0 Å². The van der Waals surface area contributed by atoms with E-state index in [0.717, 1.165) is 5.56 Å². The molecule has 0 saturated carbocycles. The second kappa shape index (κ2) is 4.10. The number of hydrogen-bond acceptors (Lipinski definition) is 3. The van der Waals surface area contributed by atoms with Gasteiger partial charge >= 0.3 is 0 Å². The third-order valence-electron chi connectivity index (χ3n) is 2.25. The molecule has 0 atom stereocenters. The maximum atomic E-state index is 13.3. The number of hydrogen-bond donors (Lipinski definition) is 1. The Balaban J connectivity index is 2.45. The molecule has 0 amide bonds. The summed E-state index contributed by atoms with van der Waals surface area (Å²) in [5, 5.41) is 11.7. The van der Waals surface area contributed by atoms with Gasteiger partial charge in [-0.3, -0.25) is 0 Å². The second-order valence-corrected chi connectivity index (χ2v) is 3.30. The number of nitroso groups, excluding NO2 is 1. The lowest BCUT2D eigenvalue weighted by Crippen LogP contribution is -1.80. The number of rotatable bonds is 2. The average Bonchev–Trinajstić information content (AvgIpc) is 2.30. The van der Waals surface area contributed by atoms with Gasteiger partial charge in [0.25, 0.3) is 0 Å². The van der Waals surface area contributed by atoms with Crippen LogP contribution in [0.25, 0.3) is 11.1 Å². The number of phenolic OH excluding ortho intramolecular Hbond substituents is 1. The highest BCUT2D eigenvalue weighted by Gasteiger charge is 2.05. The summed E-state index contributed by atoms with van der Waals surface area (Å²) >= 11 is 0. The monoisotopic (exact) mass is 217 g/mol. The van der Waals surface area contributed by atoms with Crippen molar-refractivity contribution in [2.24, 2.45) is 5.18 Å². The molecule has 0 aliphatic heterocycles. The Bertz CT molecular complexity index is 523. The molecule has 0 fully saturated rings. The normalized spacial score (nSPS) is 10.1. The molecule has 2 aromatic carbocycles. The fraction of sp³-hybridized carbons (Fsp3) is 0. The molecular formula is C12H8FNO2. The largest absolute Gasteiger partial charge is 0.508 e. The first-order valence-electron chi connectivity index (χ1n) is 4.63. The molecule has 0 bridgehead atoms. The van der Waals surface area contributed by atoms with Gasteiger partial charge in [-0.1, -0.05) is 18.2 Å². The van der Waals surface area contributed by atoms with Crippen LogP contribution in [0.2, 0.25) is 0 Å². The Hall–Kier alpha value is -2.23. The van der Waals surface area contributed by atoms with Crippen molar-refractivity contribution in [3.8, 4) is 16.9 Å². The fourth-order valence-electron chi connectivity index (χ4n) is 1.41. The molecule has 16 heavy (non-hydrogen) atoms. The SMILES string of the molecule is O=Nc1ccc(-c2ccc(O)cc2)cc1F. The second-order valence-electron chi connectivity index (χ2n) is 3.30. The van der Waals surface area contributed by atoms with Crippen LogP contribution >= 0.6 is 0 Å². The number of aromatic hydroxyl groups is 1. The van der Waals surface area contributed by atoms with E-state index in [1.165, 1.54) is 24.3 Å². The summed E-state index contributed by atoms with van der Waals surface area (Å²) in [5.74, 6) is -0.504. The van der Waals surface area contributed by atoms with Gasteiger partial charge in [0.1, 0.15) is 11.4 Å². The van der Waals surface area contributed by atoms with E-state index in [0.29, 0.717) is 5.56 Å². The van der Waals surface area contributed by atoms with E-state index in [4.69, 9.17) is 5.11 Å². The third-order valence-corrected chi connectivity index (χ3v) is 2.25. The highest BCUT2D eigenvalue weighted by molar-refractivity contribution is 5.66. The Morgan fingerprint density at radius 3 is 2.19 bits per heavy atom. The predicted molar refractivity (Wildman–Crippen MR) is 59.0 cm³/mol. The predicted octanol–water partition coefficient (Wildman–Crippen LogP) is 3.60. The van der Waals surface area contributed by atoms with E-state index < -0.39 is 5.82 Å². The molecule has 0 spiro atoms. The van der Waals surface area contributed by atoms with E-state index in [9.17, 15) is 9.30 Å². The lowest BCUT2D eigenvalue weighted by Gasteiger charge is -2.02. The van der Waals surface area contributed by atoms with E-state index in [1.807, 2.05) is 0 Å². The smallest absolute Gasteiger partial charge is 0.153 e. The fourth-order valence-corrected chi connectivity index (χ4v) is 1.41. The summed E-state index contributed by atoms with van der Waals surface area (Å²) in [6.45, 7) is 0. The van der Waals surface area contributed by atoms with Crippen LogP contribution in [0, 0.1) is 10.7 Å². The van der Waals surface area contributed by atoms with Gasteiger partial charge in [0.2, 0.25) is 0 Å². The standard InChI is InChI=1S/C12H8FNO2/c13-11-7-9(3-6-12(11)14-16)8-1-4-10(15)5-2-8/h1-7,15H. The molecule has 2 rings (SSSR count). The minimum absolute atomic E-state index is 0.149. The maximum absolute atomic E-state index is 13.3. The van der Waals surface area contributed by atoms with Crippen molar-refractivity contribution in [2.45, 2.75) is 0 Å². The minimum atomic E-state index is -0.652. The molecule has 2 aromatic rings. The summed E-state index contributed by atoms with van der Waals surface area (Å²) in [5.41, 5.74) is 1.18. The van der Waals surface area contributed by atoms with Gasteiger partial charge in [-0.2, -0.15) is 0 Å². The van der Waals surface area contributed by atoms with Crippen LogP contribution in [0.1, 0.15) is 0 Å². The van der Waals surface area contributed by atoms with Gasteiger partial charge in [-0.05, 0) is 40.6 Å². The van der Waals surface area contributed by atoms with Gasteiger partial charge in [-0.15, -0.1) is 4.91 Å². The molecule has 80 valence electrons. The van der Waals surface area contributed by atoms with Crippen molar-refractivity contribution in [3.05, 3.63) is 53.2 Å². The van der Waals surface area contributed by atoms with Crippen molar-refractivity contribution < 1.29 is 9.50 Å². The Kier molecular flexibility index (Phi) is 2.64. The van der Waals surface area contributed by atoms with Crippen molar-refractivity contribution in [1.82, 2.24) is 0 Å². The van der Waals surface area contributed by atoms with Crippen molar-refractivity contribution >= 4 is 5.69 Å². The van der Waals surface area contributed by atoms with Gasteiger partial charge in [-0.25, -0.2) is 4.39 Å². The van der Waals surface area contributed by atoms with E-state index in [2.05, 4.69) is 5.18 Å². The summed E-state index contributed by atoms with van der Waals surface area (Å²) in [6.07, 6.45) is 0. The first kappa shape index (κ1) is 10.3. The summed E-state index contributed by atoms with van der Waals surface area (Å²) in [6, 6.07) is 10.5. The van der Waals surface area contributed by atoms with Crippen LogP contribution < -0.4 is 0 Å². The molecular weight excluding hydrogens is 209 g/mol. The molecule has 0 aliphatic carbocycles. The number of phenols is 1. The average molecular weight is 217 g/mol. The zero-order valence-corrected chi connectivity index (χ0v) is 8.22. The number of benzene rings is 2. The minimum Gasteiger partial charge on any atom is -0.508 e. The van der Waals surface area contributed by atoms with E-state index in [-0.39, 0.29) is 11.4 Å². The van der Waals surface area contributed by atoms with Gasteiger partial charge < -0.3 is 5.11 Å². The highest BCUT2D eigenvalue weighted by Crippen LogP contribution is 2.26. The third kappa shape index (κ3) is 1.91. The topological polar surface area (TPSA) is 49.7 Å². The lowest BCUT2D eigenvalue weighted by molar-refractivity contribution is 0.475. The molecule has 1 N–H and O–H groups in total. The number of nitrogens with zero attached hydrogens (tertiary/aromatic N) is 1. The molecule has 0 aromatic heterocycles.